The van der Waals surface area contributed by atoms with Crippen LogP contribution in [0, 0.1) is 11.8 Å². The molecule has 2 fully saturated rings. The van der Waals surface area contributed by atoms with Crippen LogP contribution in [0.25, 0.3) is 0 Å². The van der Waals surface area contributed by atoms with Gasteiger partial charge in [0.05, 0.1) is 6.54 Å². The Morgan fingerprint density at radius 1 is 1.00 bits per heavy atom. The second-order valence-electron chi connectivity index (χ2n) is 8.67. The van der Waals surface area contributed by atoms with Crippen molar-refractivity contribution in [2.45, 2.75) is 49.6 Å². The molecular formula is C21H21F7N2O2. The Labute approximate surface area is 179 Å². The third-order valence-electron chi connectivity index (χ3n) is 6.96. The molecule has 3 atom stereocenters. The lowest BCUT2D eigenvalue weighted by atomic mass is 9.73. The molecule has 0 radical (unpaired) electrons. The molecule has 1 saturated heterocycles. The number of carbonyl (C=O) groups excluding carboxylic acids is 2. The van der Waals surface area contributed by atoms with Crippen molar-refractivity contribution in [2.24, 2.45) is 11.8 Å². The SMILES string of the molecule is O=C1CN(C(=O)[C@@H]2CCC3c4ccc(C(F)(C(F)(F)F)C(F)(F)F)cc4CCC32)CCN1. The molecule has 2 unspecified atom stereocenters. The highest BCUT2D eigenvalue weighted by Gasteiger charge is 2.73. The predicted octanol–water partition coefficient (Wildman–Crippen LogP) is 3.99. The number of piperazine rings is 1. The summed E-state index contributed by atoms with van der Waals surface area (Å²) >= 11 is 0. The van der Waals surface area contributed by atoms with E-state index in [0.717, 1.165) is 6.07 Å². The molecule has 1 aromatic carbocycles. The predicted molar refractivity (Wildman–Crippen MR) is 98.2 cm³/mol. The fourth-order valence-electron chi connectivity index (χ4n) is 5.43. The van der Waals surface area contributed by atoms with E-state index in [-0.39, 0.29) is 48.1 Å². The van der Waals surface area contributed by atoms with Crippen LogP contribution in [-0.2, 0) is 21.7 Å². The van der Waals surface area contributed by atoms with Gasteiger partial charge in [0.15, 0.2) is 0 Å². The number of hydrogen-bond acceptors (Lipinski definition) is 2. The normalized spacial score (nSPS) is 26.4. The molecule has 0 bridgehead atoms. The van der Waals surface area contributed by atoms with E-state index in [1.807, 2.05) is 0 Å². The van der Waals surface area contributed by atoms with Crippen molar-refractivity contribution < 1.29 is 40.3 Å². The van der Waals surface area contributed by atoms with Crippen molar-refractivity contribution in [2.75, 3.05) is 19.6 Å². The summed E-state index contributed by atoms with van der Waals surface area (Å²) in [4.78, 5) is 26.1. The average molecular weight is 466 g/mol. The van der Waals surface area contributed by atoms with Gasteiger partial charge in [-0.15, -0.1) is 0 Å². The maximum absolute atomic E-state index is 14.4. The van der Waals surface area contributed by atoms with Crippen LogP contribution in [0.4, 0.5) is 30.7 Å². The Hall–Kier alpha value is -2.33. The summed E-state index contributed by atoms with van der Waals surface area (Å²) in [6.07, 6.45) is -10.7. The molecule has 4 nitrogen and oxygen atoms in total. The lowest BCUT2D eigenvalue weighted by molar-refractivity contribution is -0.348. The van der Waals surface area contributed by atoms with E-state index in [2.05, 4.69) is 5.32 Å². The van der Waals surface area contributed by atoms with E-state index in [1.54, 1.807) is 0 Å². The molecule has 1 N–H and O–H groups in total. The van der Waals surface area contributed by atoms with E-state index >= 15 is 0 Å². The second-order valence-corrected chi connectivity index (χ2v) is 8.67. The lowest BCUT2D eigenvalue weighted by Crippen LogP contribution is -2.52. The van der Waals surface area contributed by atoms with Gasteiger partial charge in [-0.1, -0.05) is 18.2 Å². The Kier molecular flexibility index (Phi) is 5.44. The molecule has 0 aromatic heterocycles. The lowest BCUT2D eigenvalue weighted by Gasteiger charge is -2.36. The van der Waals surface area contributed by atoms with E-state index in [1.165, 1.54) is 4.90 Å². The van der Waals surface area contributed by atoms with Crippen molar-refractivity contribution in [1.29, 1.82) is 0 Å². The highest BCUT2D eigenvalue weighted by Crippen LogP contribution is 2.55. The van der Waals surface area contributed by atoms with Crippen LogP contribution in [0.15, 0.2) is 18.2 Å². The molecule has 1 heterocycles. The summed E-state index contributed by atoms with van der Waals surface area (Å²) in [5, 5.41) is 2.64. The summed E-state index contributed by atoms with van der Waals surface area (Å²) in [6, 6.07) is 2.39. The van der Waals surface area contributed by atoms with Crippen molar-refractivity contribution in [3.05, 3.63) is 34.9 Å². The molecule has 3 aliphatic rings. The van der Waals surface area contributed by atoms with Gasteiger partial charge in [0.1, 0.15) is 0 Å². The third kappa shape index (κ3) is 3.53. The van der Waals surface area contributed by atoms with Gasteiger partial charge in [-0.3, -0.25) is 9.59 Å². The van der Waals surface area contributed by atoms with Crippen LogP contribution in [0.3, 0.4) is 0 Å². The van der Waals surface area contributed by atoms with Crippen LogP contribution in [-0.4, -0.2) is 48.7 Å². The zero-order valence-corrected chi connectivity index (χ0v) is 16.8. The highest BCUT2D eigenvalue weighted by molar-refractivity contribution is 5.87. The minimum absolute atomic E-state index is 0.0276. The number of alkyl halides is 7. The van der Waals surface area contributed by atoms with Gasteiger partial charge in [-0.05, 0) is 48.6 Å². The monoisotopic (exact) mass is 466 g/mol. The Morgan fingerprint density at radius 3 is 2.31 bits per heavy atom. The molecule has 176 valence electrons. The molecule has 1 aliphatic heterocycles. The first-order chi connectivity index (χ1) is 14.8. The van der Waals surface area contributed by atoms with E-state index in [0.29, 0.717) is 50.0 Å². The van der Waals surface area contributed by atoms with E-state index in [9.17, 15) is 40.3 Å². The second kappa shape index (κ2) is 7.62. The van der Waals surface area contributed by atoms with Gasteiger partial charge < -0.3 is 10.2 Å². The molecule has 1 saturated carbocycles. The molecular weight excluding hydrogens is 445 g/mol. The fraction of sp³-hybridized carbons (Fsp3) is 0.619. The standard InChI is InChI=1S/C21H21F7N2O2/c22-19(20(23,24)25,21(26,27)28)12-2-4-13-11(9-12)1-3-15-14(13)5-6-16(15)18(32)30-8-7-29-17(31)10-30/h2,4,9,14-16H,1,3,5-8,10H2,(H,29,31)/t14?,15?,16-/m1/s1. The number of nitrogens with zero attached hydrogens (tertiary/aromatic N) is 1. The number of benzene rings is 1. The summed E-state index contributed by atoms with van der Waals surface area (Å²) in [6.45, 7) is 0.729. The fourth-order valence-corrected chi connectivity index (χ4v) is 5.43. The average Bonchev–Trinajstić information content (AvgIpc) is 3.15. The Morgan fingerprint density at radius 2 is 1.69 bits per heavy atom. The number of hydrogen-bond donors (Lipinski definition) is 1. The van der Waals surface area contributed by atoms with Crippen LogP contribution < -0.4 is 5.32 Å². The first-order valence-corrected chi connectivity index (χ1v) is 10.4. The number of amides is 2. The highest BCUT2D eigenvalue weighted by atomic mass is 19.4. The molecule has 32 heavy (non-hydrogen) atoms. The third-order valence-corrected chi connectivity index (χ3v) is 6.96. The number of aryl methyl sites for hydroxylation is 1. The van der Waals surface area contributed by atoms with Gasteiger partial charge in [-0.2, -0.15) is 26.3 Å². The summed E-state index contributed by atoms with van der Waals surface area (Å²) < 4.78 is 93.1. The molecule has 1 aromatic rings. The molecule has 4 rings (SSSR count). The van der Waals surface area contributed by atoms with Gasteiger partial charge in [0.25, 0.3) is 0 Å². The number of rotatable bonds is 2. The number of fused-ring (bicyclic) bond motifs is 3. The smallest absolute Gasteiger partial charge is 0.353 e. The number of halogens is 7. The zero-order valence-electron chi connectivity index (χ0n) is 16.8. The van der Waals surface area contributed by atoms with Gasteiger partial charge in [-0.25, -0.2) is 4.39 Å². The molecule has 2 amide bonds. The number of carbonyl (C=O) groups is 2. The zero-order chi connectivity index (χ0) is 23.5. The minimum atomic E-state index is -6.15. The van der Waals surface area contributed by atoms with Crippen molar-refractivity contribution >= 4 is 11.8 Å². The van der Waals surface area contributed by atoms with Crippen molar-refractivity contribution in [3.8, 4) is 0 Å². The van der Waals surface area contributed by atoms with Crippen molar-refractivity contribution in [3.63, 3.8) is 0 Å². The summed E-state index contributed by atoms with van der Waals surface area (Å²) in [5.41, 5.74) is -6.10. The van der Waals surface area contributed by atoms with Crippen LogP contribution >= 0.6 is 0 Å². The van der Waals surface area contributed by atoms with Gasteiger partial charge in [0.2, 0.25) is 11.8 Å². The first-order valence-electron chi connectivity index (χ1n) is 10.4. The first kappa shape index (κ1) is 22.8. The maximum Gasteiger partial charge on any atom is 0.435 e. The summed E-state index contributed by atoms with van der Waals surface area (Å²) in [5.74, 6) is -1.07. The van der Waals surface area contributed by atoms with Crippen LogP contribution in [0.1, 0.15) is 41.9 Å². The van der Waals surface area contributed by atoms with Gasteiger partial charge in [0, 0.05) is 24.6 Å². The van der Waals surface area contributed by atoms with Crippen molar-refractivity contribution in [1.82, 2.24) is 10.2 Å². The molecule has 2 aliphatic carbocycles. The van der Waals surface area contributed by atoms with Gasteiger partial charge >= 0.3 is 18.0 Å². The summed E-state index contributed by atoms with van der Waals surface area (Å²) in [7, 11) is 0. The van der Waals surface area contributed by atoms with Crippen LogP contribution in [0.2, 0.25) is 0 Å². The number of nitrogens with one attached hydrogen (secondary N) is 1. The Bertz CT molecular complexity index is 914. The largest absolute Gasteiger partial charge is 0.435 e. The Balaban J connectivity index is 1.60. The quantitative estimate of drug-likeness (QED) is 0.671. The van der Waals surface area contributed by atoms with E-state index in [4.69, 9.17) is 0 Å². The molecule has 11 heteroatoms. The molecule has 0 spiro atoms. The van der Waals surface area contributed by atoms with Crippen LogP contribution in [0.5, 0.6) is 0 Å². The minimum Gasteiger partial charge on any atom is -0.353 e. The topological polar surface area (TPSA) is 49.4 Å². The van der Waals surface area contributed by atoms with E-state index < -0.39 is 23.6 Å². The maximum atomic E-state index is 14.4.